The predicted molar refractivity (Wildman–Crippen MR) is 72.8 cm³/mol. The first kappa shape index (κ1) is 12.8. The van der Waals surface area contributed by atoms with Gasteiger partial charge in [0.15, 0.2) is 0 Å². The van der Waals surface area contributed by atoms with Crippen LogP contribution in [-0.4, -0.2) is 23.0 Å². The standard InChI is InChI=1S/C11H17BrN2S/c1-8-6-10(12)11(14-7-8)13-5-4-9(2)15-3/h6-7,9H,4-5H2,1-3H3,(H,13,14). The minimum absolute atomic E-state index is 0.696. The summed E-state index contributed by atoms with van der Waals surface area (Å²) < 4.78 is 1.04. The molecule has 1 aromatic heterocycles. The van der Waals surface area contributed by atoms with Crippen molar-refractivity contribution in [1.29, 1.82) is 0 Å². The van der Waals surface area contributed by atoms with Crippen molar-refractivity contribution < 1.29 is 0 Å². The summed E-state index contributed by atoms with van der Waals surface area (Å²) in [6, 6.07) is 2.08. The number of halogens is 1. The van der Waals surface area contributed by atoms with Crippen LogP contribution in [0.1, 0.15) is 18.9 Å². The molecule has 4 heteroatoms. The summed E-state index contributed by atoms with van der Waals surface area (Å²) in [5.41, 5.74) is 1.17. The summed E-state index contributed by atoms with van der Waals surface area (Å²) >= 11 is 5.40. The summed E-state index contributed by atoms with van der Waals surface area (Å²) in [4.78, 5) is 4.34. The number of anilines is 1. The van der Waals surface area contributed by atoms with Gasteiger partial charge in [-0.3, -0.25) is 0 Å². The normalized spacial score (nSPS) is 12.5. The average molecular weight is 289 g/mol. The van der Waals surface area contributed by atoms with Gasteiger partial charge in [-0.1, -0.05) is 6.92 Å². The quantitative estimate of drug-likeness (QED) is 0.894. The first-order valence-corrected chi connectivity index (χ1v) is 7.10. The highest BCUT2D eigenvalue weighted by atomic mass is 79.9. The van der Waals surface area contributed by atoms with E-state index >= 15 is 0 Å². The molecule has 0 spiro atoms. The molecule has 0 aliphatic heterocycles. The summed E-state index contributed by atoms with van der Waals surface area (Å²) in [5.74, 6) is 0.939. The van der Waals surface area contributed by atoms with Crippen molar-refractivity contribution in [2.24, 2.45) is 0 Å². The molecule has 0 aliphatic rings. The lowest BCUT2D eigenvalue weighted by molar-refractivity contribution is 0.849. The third-order valence-corrected chi connectivity index (χ3v) is 3.87. The van der Waals surface area contributed by atoms with E-state index < -0.39 is 0 Å². The van der Waals surface area contributed by atoms with E-state index in [0.717, 1.165) is 23.3 Å². The number of nitrogens with zero attached hydrogens (tertiary/aromatic N) is 1. The van der Waals surface area contributed by atoms with E-state index in [2.05, 4.69) is 45.5 Å². The second-order valence-electron chi connectivity index (χ2n) is 3.60. The van der Waals surface area contributed by atoms with Gasteiger partial charge in [-0.15, -0.1) is 0 Å². The number of hydrogen-bond donors (Lipinski definition) is 1. The maximum atomic E-state index is 4.34. The molecule has 84 valence electrons. The Morgan fingerprint density at radius 1 is 1.60 bits per heavy atom. The van der Waals surface area contributed by atoms with E-state index in [1.165, 1.54) is 5.56 Å². The first-order chi connectivity index (χ1) is 7.13. The summed E-state index contributed by atoms with van der Waals surface area (Å²) in [6.45, 7) is 5.25. The molecular formula is C11H17BrN2S. The van der Waals surface area contributed by atoms with Crippen LogP contribution in [0.15, 0.2) is 16.7 Å². The Kier molecular flexibility index (Phi) is 5.47. The highest BCUT2D eigenvalue weighted by Gasteiger charge is 2.02. The van der Waals surface area contributed by atoms with Gasteiger partial charge in [0.05, 0.1) is 4.47 Å². The van der Waals surface area contributed by atoms with Crippen LogP contribution in [-0.2, 0) is 0 Å². The fourth-order valence-electron chi connectivity index (χ4n) is 1.18. The summed E-state index contributed by atoms with van der Waals surface area (Å²) in [5, 5.41) is 4.03. The van der Waals surface area contributed by atoms with Gasteiger partial charge in [-0.05, 0) is 47.2 Å². The Balaban J connectivity index is 2.44. The number of thioether (sulfide) groups is 1. The van der Waals surface area contributed by atoms with Crippen LogP contribution < -0.4 is 5.32 Å². The van der Waals surface area contributed by atoms with Crippen molar-refractivity contribution in [3.63, 3.8) is 0 Å². The lowest BCUT2D eigenvalue weighted by Crippen LogP contribution is -2.09. The van der Waals surface area contributed by atoms with E-state index in [-0.39, 0.29) is 0 Å². The van der Waals surface area contributed by atoms with Crippen molar-refractivity contribution >= 4 is 33.5 Å². The van der Waals surface area contributed by atoms with Gasteiger partial charge in [0, 0.05) is 18.0 Å². The highest BCUT2D eigenvalue weighted by Crippen LogP contribution is 2.20. The van der Waals surface area contributed by atoms with Gasteiger partial charge in [-0.25, -0.2) is 4.98 Å². The maximum Gasteiger partial charge on any atom is 0.140 e. The highest BCUT2D eigenvalue weighted by molar-refractivity contribution is 9.10. The molecule has 1 unspecified atom stereocenters. The van der Waals surface area contributed by atoms with Crippen molar-refractivity contribution in [1.82, 2.24) is 4.98 Å². The molecule has 0 aliphatic carbocycles. The third kappa shape index (κ3) is 4.43. The van der Waals surface area contributed by atoms with E-state index in [1.807, 2.05) is 24.9 Å². The molecule has 15 heavy (non-hydrogen) atoms. The van der Waals surface area contributed by atoms with Gasteiger partial charge in [-0.2, -0.15) is 11.8 Å². The lowest BCUT2D eigenvalue weighted by Gasteiger charge is -2.10. The Labute approximate surface area is 104 Å². The molecule has 1 aromatic rings. The van der Waals surface area contributed by atoms with Crippen molar-refractivity contribution in [2.75, 3.05) is 18.1 Å². The number of pyridine rings is 1. The van der Waals surface area contributed by atoms with Crippen LogP contribution in [0, 0.1) is 6.92 Å². The van der Waals surface area contributed by atoms with Crippen LogP contribution in [0.25, 0.3) is 0 Å². The molecule has 0 radical (unpaired) electrons. The van der Waals surface area contributed by atoms with Crippen LogP contribution in [0.3, 0.4) is 0 Å². The molecular weight excluding hydrogens is 272 g/mol. The molecule has 2 nitrogen and oxygen atoms in total. The number of hydrogen-bond acceptors (Lipinski definition) is 3. The van der Waals surface area contributed by atoms with Gasteiger partial charge >= 0.3 is 0 Å². The maximum absolute atomic E-state index is 4.34. The summed E-state index contributed by atoms with van der Waals surface area (Å²) in [6.07, 6.45) is 5.18. The van der Waals surface area contributed by atoms with Crippen molar-refractivity contribution in [3.8, 4) is 0 Å². The Morgan fingerprint density at radius 3 is 2.93 bits per heavy atom. The van der Waals surface area contributed by atoms with Crippen LogP contribution in [0.2, 0.25) is 0 Å². The van der Waals surface area contributed by atoms with Gasteiger partial charge in [0.1, 0.15) is 5.82 Å². The molecule has 0 amide bonds. The van der Waals surface area contributed by atoms with Crippen molar-refractivity contribution in [3.05, 3.63) is 22.3 Å². The zero-order valence-corrected chi connectivity index (χ0v) is 11.8. The number of nitrogens with one attached hydrogen (secondary N) is 1. The molecule has 0 saturated heterocycles. The average Bonchev–Trinajstić information content (AvgIpc) is 2.21. The Morgan fingerprint density at radius 2 is 2.33 bits per heavy atom. The van der Waals surface area contributed by atoms with Crippen LogP contribution in [0.4, 0.5) is 5.82 Å². The van der Waals surface area contributed by atoms with E-state index in [0.29, 0.717) is 5.25 Å². The fourth-order valence-corrected chi connectivity index (χ4v) is 2.13. The SMILES string of the molecule is CSC(C)CCNc1ncc(C)cc1Br. The molecule has 1 atom stereocenters. The van der Waals surface area contributed by atoms with Crippen molar-refractivity contribution in [2.45, 2.75) is 25.5 Å². The molecule has 0 aromatic carbocycles. The fraction of sp³-hybridized carbons (Fsp3) is 0.545. The molecule has 1 N–H and O–H groups in total. The van der Waals surface area contributed by atoms with E-state index in [9.17, 15) is 0 Å². The van der Waals surface area contributed by atoms with Gasteiger partial charge in [0.25, 0.3) is 0 Å². The zero-order chi connectivity index (χ0) is 11.3. The largest absolute Gasteiger partial charge is 0.369 e. The molecule has 0 bridgehead atoms. The second kappa shape index (κ2) is 6.38. The molecule has 0 fully saturated rings. The first-order valence-electron chi connectivity index (χ1n) is 5.02. The molecule has 0 saturated carbocycles. The van der Waals surface area contributed by atoms with Crippen LogP contribution in [0.5, 0.6) is 0 Å². The minimum Gasteiger partial charge on any atom is -0.369 e. The molecule has 1 rings (SSSR count). The molecule has 1 heterocycles. The lowest BCUT2D eigenvalue weighted by atomic mass is 10.3. The number of rotatable bonds is 5. The topological polar surface area (TPSA) is 24.9 Å². The zero-order valence-electron chi connectivity index (χ0n) is 9.38. The number of aromatic nitrogens is 1. The monoisotopic (exact) mass is 288 g/mol. The third-order valence-electron chi connectivity index (χ3n) is 2.22. The smallest absolute Gasteiger partial charge is 0.140 e. The Bertz CT molecular complexity index is 317. The van der Waals surface area contributed by atoms with Crippen LogP contribution >= 0.6 is 27.7 Å². The minimum atomic E-state index is 0.696. The van der Waals surface area contributed by atoms with Gasteiger partial charge in [0.2, 0.25) is 0 Å². The predicted octanol–water partition coefficient (Wildman–Crippen LogP) is 3.71. The van der Waals surface area contributed by atoms with E-state index in [4.69, 9.17) is 0 Å². The van der Waals surface area contributed by atoms with E-state index in [1.54, 1.807) is 0 Å². The second-order valence-corrected chi connectivity index (χ2v) is 5.74. The Hall–Kier alpha value is -0.220. The number of aryl methyl sites for hydroxylation is 1. The summed E-state index contributed by atoms with van der Waals surface area (Å²) in [7, 11) is 0. The van der Waals surface area contributed by atoms with Gasteiger partial charge < -0.3 is 5.32 Å².